The molecule has 2 aromatic rings. The van der Waals surface area contributed by atoms with Gasteiger partial charge in [0, 0.05) is 41.1 Å². The molecule has 3 aliphatic carbocycles. The van der Waals surface area contributed by atoms with Crippen LogP contribution in [0.15, 0.2) is 66.0 Å². The number of aromatic nitrogens is 1. The van der Waals surface area contributed by atoms with E-state index in [0.717, 1.165) is 44.1 Å². The molecular weight excluding hydrogens is 382 g/mol. The van der Waals surface area contributed by atoms with E-state index in [1.807, 2.05) is 12.4 Å². The van der Waals surface area contributed by atoms with E-state index in [4.69, 9.17) is 4.74 Å². The molecule has 0 N–H and O–H groups in total. The summed E-state index contributed by atoms with van der Waals surface area (Å²) < 4.78 is 7.08. The quantitative estimate of drug-likeness (QED) is 0.584. The summed E-state index contributed by atoms with van der Waals surface area (Å²) in [7, 11) is 0. The van der Waals surface area contributed by atoms with Gasteiger partial charge in [0.05, 0.1) is 11.2 Å². The van der Waals surface area contributed by atoms with Crippen molar-refractivity contribution in [2.24, 2.45) is 11.3 Å². The summed E-state index contributed by atoms with van der Waals surface area (Å²) in [6.45, 7) is 2.44. The normalized spacial score (nSPS) is 38.2. The predicted molar refractivity (Wildman–Crippen MR) is 121 cm³/mol. The molecule has 2 fully saturated rings. The maximum atomic E-state index is 12.7. The number of hydrogen-bond donors (Lipinski definition) is 0. The van der Waals surface area contributed by atoms with Gasteiger partial charge in [0.1, 0.15) is 0 Å². The number of allylic oxidation sites excluding steroid dienone is 3. The lowest BCUT2D eigenvalue weighted by atomic mass is 9.58. The molecule has 156 valence electrons. The van der Waals surface area contributed by atoms with Crippen LogP contribution in [-0.4, -0.2) is 22.0 Å². The number of ether oxygens (including phenoxy) is 1. The van der Waals surface area contributed by atoms with E-state index in [-0.39, 0.29) is 16.6 Å². The average molecular weight is 410 g/mol. The van der Waals surface area contributed by atoms with E-state index in [2.05, 4.69) is 54.4 Å². The van der Waals surface area contributed by atoms with Crippen molar-refractivity contribution in [2.75, 3.05) is 0 Å². The summed E-state index contributed by atoms with van der Waals surface area (Å²) in [6, 6.07) is 8.86. The highest BCUT2D eigenvalue weighted by Gasteiger charge is 2.65. The molecule has 4 atom stereocenters. The van der Waals surface area contributed by atoms with Crippen LogP contribution in [0, 0.1) is 11.3 Å². The minimum absolute atomic E-state index is 0.0505. The number of pyridine rings is 1. The zero-order valence-electron chi connectivity index (χ0n) is 18.0. The molecule has 2 aliphatic heterocycles. The van der Waals surface area contributed by atoms with Crippen molar-refractivity contribution >= 4 is 22.1 Å². The lowest BCUT2D eigenvalue weighted by Crippen LogP contribution is -2.54. The second-order valence-corrected chi connectivity index (χ2v) is 10.4. The van der Waals surface area contributed by atoms with Crippen LogP contribution in [0.1, 0.15) is 57.4 Å². The van der Waals surface area contributed by atoms with Crippen molar-refractivity contribution in [1.29, 1.82) is 0 Å². The highest BCUT2D eigenvalue weighted by atomic mass is 16.5. The van der Waals surface area contributed by atoms with Gasteiger partial charge in [-0.1, -0.05) is 31.2 Å². The third-order valence-corrected chi connectivity index (χ3v) is 9.04. The van der Waals surface area contributed by atoms with Crippen molar-refractivity contribution in [3.8, 4) is 0 Å². The molecular formula is C28H27NO2. The summed E-state index contributed by atoms with van der Waals surface area (Å²) in [5, 5.41) is 2.43. The van der Waals surface area contributed by atoms with Gasteiger partial charge in [-0.2, -0.15) is 0 Å². The number of nitrogens with zero attached hydrogens (tertiary/aromatic N) is 1. The number of hydrogen-bond acceptors (Lipinski definition) is 3. The minimum Gasteiger partial charge on any atom is -0.359 e. The molecule has 3 heteroatoms. The molecule has 31 heavy (non-hydrogen) atoms. The average Bonchev–Trinajstić information content (AvgIpc) is 3.29. The lowest BCUT2D eigenvalue weighted by molar-refractivity contribution is -0.140. The maximum absolute atomic E-state index is 12.7. The molecule has 1 aromatic carbocycles. The fourth-order valence-corrected chi connectivity index (χ4v) is 7.53. The first-order valence-corrected chi connectivity index (χ1v) is 11.8. The molecule has 2 spiro atoms. The fraction of sp³-hybridized carbons (Fsp3) is 0.429. The Balaban J connectivity index is 1.33. The largest absolute Gasteiger partial charge is 0.359 e. The van der Waals surface area contributed by atoms with Crippen LogP contribution < -0.4 is 0 Å². The van der Waals surface area contributed by atoms with E-state index < -0.39 is 0 Å². The molecule has 1 saturated carbocycles. The number of rotatable bonds is 1. The molecule has 2 bridgehead atoms. The number of carbonyl (C=O) groups is 1. The fourth-order valence-electron chi connectivity index (χ4n) is 7.53. The summed E-state index contributed by atoms with van der Waals surface area (Å²) in [5.41, 5.74) is 4.51. The zero-order valence-corrected chi connectivity index (χ0v) is 18.0. The van der Waals surface area contributed by atoms with Crippen molar-refractivity contribution < 1.29 is 9.53 Å². The van der Waals surface area contributed by atoms with Crippen LogP contribution >= 0.6 is 0 Å². The van der Waals surface area contributed by atoms with Crippen molar-refractivity contribution in [3.63, 3.8) is 0 Å². The van der Waals surface area contributed by atoms with Gasteiger partial charge in [-0.25, -0.2) is 0 Å². The Morgan fingerprint density at radius 2 is 2.00 bits per heavy atom. The number of ketones is 1. The molecule has 7 rings (SSSR count). The van der Waals surface area contributed by atoms with Crippen LogP contribution in [0.4, 0.5) is 0 Å². The SMILES string of the molecule is C[C@]12CC=C3C=C4C(=O)CCC[C@]45CC[C@]3(O5)[C@@H]1CC=C2c1ccc2ccncc2c1. The van der Waals surface area contributed by atoms with Crippen molar-refractivity contribution in [1.82, 2.24) is 4.98 Å². The zero-order chi connectivity index (χ0) is 20.8. The Bertz CT molecular complexity index is 1250. The number of benzene rings is 1. The monoisotopic (exact) mass is 409 g/mol. The first-order chi connectivity index (χ1) is 15.0. The summed E-state index contributed by atoms with van der Waals surface area (Å²) >= 11 is 0. The first-order valence-electron chi connectivity index (χ1n) is 11.8. The Morgan fingerprint density at radius 1 is 1.06 bits per heavy atom. The minimum atomic E-state index is -0.317. The van der Waals surface area contributed by atoms with E-state index in [0.29, 0.717) is 18.1 Å². The Kier molecular flexibility index (Phi) is 3.40. The number of carbonyl (C=O) groups excluding carboxylic acids is 1. The molecule has 0 amide bonds. The Labute approximate surface area is 182 Å². The van der Waals surface area contributed by atoms with E-state index >= 15 is 0 Å². The second-order valence-electron chi connectivity index (χ2n) is 10.4. The van der Waals surface area contributed by atoms with Crippen LogP contribution in [0.5, 0.6) is 0 Å². The van der Waals surface area contributed by atoms with E-state index in [1.54, 1.807) is 0 Å². The third kappa shape index (κ3) is 2.18. The van der Waals surface area contributed by atoms with E-state index in [1.165, 1.54) is 27.5 Å². The van der Waals surface area contributed by atoms with Gasteiger partial charge in [0.15, 0.2) is 5.78 Å². The van der Waals surface area contributed by atoms with Crippen molar-refractivity contribution in [2.45, 2.75) is 63.1 Å². The summed E-state index contributed by atoms with van der Waals surface area (Å²) in [6.07, 6.45) is 17.6. The van der Waals surface area contributed by atoms with Crippen LogP contribution in [0.25, 0.3) is 16.3 Å². The summed E-state index contributed by atoms with van der Waals surface area (Å²) in [4.78, 5) is 17.1. The smallest absolute Gasteiger partial charge is 0.161 e. The Hall–Kier alpha value is -2.52. The van der Waals surface area contributed by atoms with Gasteiger partial charge < -0.3 is 4.74 Å². The van der Waals surface area contributed by atoms with Gasteiger partial charge in [0.2, 0.25) is 0 Å². The highest BCUT2D eigenvalue weighted by Crippen LogP contribution is 2.67. The van der Waals surface area contributed by atoms with Gasteiger partial charge in [-0.3, -0.25) is 9.78 Å². The first kappa shape index (κ1) is 18.1. The molecule has 5 aliphatic rings. The molecule has 3 heterocycles. The van der Waals surface area contributed by atoms with E-state index in [9.17, 15) is 4.79 Å². The third-order valence-electron chi connectivity index (χ3n) is 9.04. The van der Waals surface area contributed by atoms with Crippen LogP contribution in [0.3, 0.4) is 0 Å². The topological polar surface area (TPSA) is 39.2 Å². The molecule has 1 aromatic heterocycles. The maximum Gasteiger partial charge on any atom is 0.161 e. The molecule has 1 saturated heterocycles. The van der Waals surface area contributed by atoms with Gasteiger partial charge in [0.25, 0.3) is 0 Å². The van der Waals surface area contributed by atoms with Gasteiger partial charge >= 0.3 is 0 Å². The molecule has 0 radical (unpaired) electrons. The predicted octanol–water partition coefficient (Wildman–Crippen LogP) is 5.96. The number of Topliss-reactive ketones (excluding diaryl/α,β-unsaturated/α-hetero) is 1. The van der Waals surface area contributed by atoms with Crippen LogP contribution in [-0.2, 0) is 9.53 Å². The molecule has 0 unspecified atom stereocenters. The summed E-state index contributed by atoms with van der Waals surface area (Å²) in [5.74, 6) is 0.736. The molecule has 3 nitrogen and oxygen atoms in total. The standard InChI is InChI=1S/C28H27NO2/c1-26-11-8-21-16-23-24(30)3-2-10-27(23)12-13-28(21,31-27)25(26)7-6-22(26)19-5-4-18-9-14-29-17-20(18)15-19/h4-6,8-9,14-17,25H,2-3,7,10-13H2,1H3/t25-,26-,27+,28-/m1/s1. The van der Waals surface area contributed by atoms with Crippen molar-refractivity contribution in [3.05, 3.63) is 71.6 Å². The Morgan fingerprint density at radius 3 is 2.94 bits per heavy atom. The van der Waals surface area contributed by atoms with Gasteiger partial charge in [-0.15, -0.1) is 0 Å². The van der Waals surface area contributed by atoms with Crippen LogP contribution in [0.2, 0.25) is 0 Å². The second kappa shape index (κ2) is 5.83. The number of fused-ring (bicyclic) bond motifs is 2. The highest BCUT2D eigenvalue weighted by molar-refractivity contribution is 5.99. The van der Waals surface area contributed by atoms with Gasteiger partial charge in [-0.05, 0) is 78.8 Å². The lowest BCUT2D eigenvalue weighted by Gasteiger charge is -2.53.